The van der Waals surface area contributed by atoms with Crippen LogP contribution in [0.15, 0.2) is 54.6 Å². The molecule has 1 amide bonds. The lowest BCUT2D eigenvalue weighted by atomic mass is 10.1. The number of hydrogen-bond acceptors (Lipinski definition) is 3. The van der Waals surface area contributed by atoms with Crippen LogP contribution in [0, 0.1) is 0 Å². The van der Waals surface area contributed by atoms with Gasteiger partial charge in [-0.05, 0) is 43.1 Å². The number of hydrogen-bond donors (Lipinski definition) is 0. The fourth-order valence-corrected chi connectivity index (χ4v) is 4.21. The molecule has 0 radical (unpaired) electrons. The minimum atomic E-state index is 0. The number of para-hydroxylation sites is 2. The quantitative estimate of drug-likeness (QED) is 0.602. The van der Waals surface area contributed by atoms with Crippen molar-refractivity contribution in [3.05, 3.63) is 60.2 Å². The zero-order chi connectivity index (χ0) is 18.5. The van der Waals surface area contributed by atoms with Gasteiger partial charge >= 0.3 is 0 Å². The van der Waals surface area contributed by atoms with Gasteiger partial charge in [-0.3, -0.25) is 9.69 Å². The summed E-state index contributed by atoms with van der Waals surface area (Å²) in [5.74, 6) is 0.258. The Balaban J connectivity index is 0.00000150. The molecule has 158 valence electrons. The molecule has 0 unspecified atom stereocenters. The van der Waals surface area contributed by atoms with Crippen molar-refractivity contribution in [3.8, 4) is 0 Å². The highest BCUT2D eigenvalue weighted by Gasteiger charge is 2.25. The van der Waals surface area contributed by atoms with Gasteiger partial charge in [-0.15, -0.1) is 24.8 Å². The third kappa shape index (κ3) is 5.88. The lowest BCUT2D eigenvalue weighted by Crippen LogP contribution is -2.46. The first kappa shape index (κ1) is 23.5. The summed E-state index contributed by atoms with van der Waals surface area (Å²) in [5, 5.41) is 0. The van der Waals surface area contributed by atoms with Gasteiger partial charge in [0.15, 0.2) is 0 Å². The normalized spacial score (nSPS) is 16.2. The third-order valence-electron chi connectivity index (χ3n) is 5.77. The molecule has 2 aromatic carbocycles. The first-order chi connectivity index (χ1) is 13.3. The molecule has 2 aromatic rings. The molecule has 0 bridgehead atoms. The minimum absolute atomic E-state index is 0. The Hall–Kier alpha value is -1.75. The molecule has 4 rings (SSSR count). The van der Waals surface area contributed by atoms with Crippen LogP contribution in [-0.2, 0) is 11.2 Å². The van der Waals surface area contributed by atoms with E-state index in [2.05, 4.69) is 52.3 Å². The maximum atomic E-state index is 12.2. The number of anilines is 2. The van der Waals surface area contributed by atoms with Crippen molar-refractivity contribution in [3.63, 3.8) is 0 Å². The van der Waals surface area contributed by atoms with E-state index in [1.54, 1.807) is 0 Å². The van der Waals surface area contributed by atoms with Gasteiger partial charge in [-0.2, -0.15) is 0 Å². The molecular formula is C23H31Cl2N3O. The largest absolute Gasteiger partial charge is 0.369 e. The van der Waals surface area contributed by atoms with E-state index >= 15 is 0 Å². The molecular weight excluding hydrogens is 405 g/mol. The fraction of sp³-hybridized carbons (Fsp3) is 0.435. The topological polar surface area (TPSA) is 26.8 Å². The van der Waals surface area contributed by atoms with E-state index in [1.807, 2.05) is 17.0 Å². The summed E-state index contributed by atoms with van der Waals surface area (Å²) in [6, 6.07) is 18.9. The Morgan fingerprint density at radius 3 is 2.14 bits per heavy atom. The Morgan fingerprint density at radius 2 is 1.38 bits per heavy atom. The lowest BCUT2D eigenvalue weighted by Gasteiger charge is -2.36. The molecule has 0 aromatic heterocycles. The molecule has 1 fully saturated rings. The molecule has 0 spiro atoms. The molecule has 2 heterocycles. The number of fused-ring (bicyclic) bond motifs is 1. The van der Waals surface area contributed by atoms with E-state index in [-0.39, 0.29) is 30.7 Å². The zero-order valence-corrected chi connectivity index (χ0v) is 18.5. The number of nitrogens with zero attached hydrogens (tertiary/aromatic N) is 3. The average Bonchev–Trinajstić information content (AvgIpc) is 3.04. The molecule has 0 aliphatic carbocycles. The van der Waals surface area contributed by atoms with Crippen molar-refractivity contribution in [1.82, 2.24) is 4.90 Å². The molecule has 1 saturated heterocycles. The van der Waals surface area contributed by atoms with Crippen molar-refractivity contribution in [2.45, 2.75) is 25.7 Å². The number of unbranched alkanes of at least 4 members (excludes halogenated alkanes) is 2. The smallest absolute Gasteiger partial charge is 0.231 e. The monoisotopic (exact) mass is 435 g/mol. The summed E-state index contributed by atoms with van der Waals surface area (Å²) < 4.78 is 0. The molecule has 4 nitrogen and oxygen atoms in total. The second-order valence-corrected chi connectivity index (χ2v) is 7.58. The molecule has 29 heavy (non-hydrogen) atoms. The second kappa shape index (κ2) is 11.4. The van der Waals surface area contributed by atoms with Crippen LogP contribution >= 0.6 is 24.8 Å². The number of rotatable bonds is 7. The minimum Gasteiger partial charge on any atom is -0.369 e. The summed E-state index contributed by atoms with van der Waals surface area (Å²) in [6.45, 7) is 6.55. The summed E-state index contributed by atoms with van der Waals surface area (Å²) in [4.78, 5) is 19.2. The summed E-state index contributed by atoms with van der Waals surface area (Å²) in [7, 11) is 0. The second-order valence-electron chi connectivity index (χ2n) is 7.58. The van der Waals surface area contributed by atoms with Crippen molar-refractivity contribution < 1.29 is 4.79 Å². The van der Waals surface area contributed by atoms with Crippen LogP contribution < -0.4 is 9.80 Å². The van der Waals surface area contributed by atoms with E-state index in [0.717, 1.165) is 44.8 Å². The van der Waals surface area contributed by atoms with Gasteiger partial charge in [0.25, 0.3) is 0 Å². The predicted octanol–water partition coefficient (Wildman–Crippen LogP) is 4.41. The van der Waals surface area contributed by atoms with Crippen LogP contribution in [0.5, 0.6) is 0 Å². The summed E-state index contributed by atoms with van der Waals surface area (Å²) in [5.41, 5.74) is 3.64. The van der Waals surface area contributed by atoms with E-state index in [4.69, 9.17) is 0 Å². The van der Waals surface area contributed by atoms with Gasteiger partial charge in [0.1, 0.15) is 0 Å². The molecule has 0 saturated carbocycles. The van der Waals surface area contributed by atoms with Crippen LogP contribution in [-0.4, -0.2) is 50.1 Å². The number of piperazine rings is 1. The van der Waals surface area contributed by atoms with E-state index in [9.17, 15) is 4.79 Å². The maximum absolute atomic E-state index is 12.2. The Morgan fingerprint density at radius 1 is 0.724 bits per heavy atom. The van der Waals surface area contributed by atoms with E-state index in [0.29, 0.717) is 6.42 Å². The van der Waals surface area contributed by atoms with Crippen molar-refractivity contribution in [1.29, 1.82) is 0 Å². The highest BCUT2D eigenvalue weighted by Crippen LogP contribution is 2.28. The highest BCUT2D eigenvalue weighted by atomic mass is 35.5. The van der Waals surface area contributed by atoms with Gasteiger partial charge in [0, 0.05) is 44.1 Å². The van der Waals surface area contributed by atoms with Crippen molar-refractivity contribution >= 4 is 42.1 Å². The molecule has 2 aliphatic heterocycles. The van der Waals surface area contributed by atoms with Crippen LogP contribution in [0.4, 0.5) is 11.4 Å². The lowest BCUT2D eigenvalue weighted by molar-refractivity contribution is -0.117. The molecule has 6 heteroatoms. The van der Waals surface area contributed by atoms with Gasteiger partial charge in [-0.1, -0.05) is 42.8 Å². The fourth-order valence-electron chi connectivity index (χ4n) is 4.21. The number of benzene rings is 2. The standard InChI is InChI=1S/C23H29N3O.2ClH/c27-23-19-20-9-5-6-12-22(20)26(23)14-8-2-7-13-24-15-17-25(18-16-24)21-10-3-1-4-11-21;;/h1,3-6,9-12H,2,7-8,13-19H2;2*1H. The zero-order valence-electron chi connectivity index (χ0n) is 16.8. The van der Waals surface area contributed by atoms with Gasteiger partial charge in [0.2, 0.25) is 5.91 Å². The highest BCUT2D eigenvalue weighted by molar-refractivity contribution is 6.01. The van der Waals surface area contributed by atoms with Gasteiger partial charge in [0.05, 0.1) is 6.42 Å². The SMILES string of the molecule is Cl.Cl.O=C1Cc2ccccc2N1CCCCCN1CCN(c2ccccc2)CC1. The first-order valence-corrected chi connectivity index (χ1v) is 10.2. The Labute approximate surface area is 186 Å². The van der Waals surface area contributed by atoms with E-state index in [1.165, 1.54) is 30.6 Å². The van der Waals surface area contributed by atoms with Gasteiger partial charge in [-0.25, -0.2) is 0 Å². The Kier molecular flexibility index (Phi) is 9.28. The molecule has 2 aliphatic rings. The van der Waals surface area contributed by atoms with Crippen LogP contribution in [0.2, 0.25) is 0 Å². The molecule has 0 atom stereocenters. The van der Waals surface area contributed by atoms with E-state index < -0.39 is 0 Å². The van der Waals surface area contributed by atoms with Gasteiger partial charge < -0.3 is 9.80 Å². The first-order valence-electron chi connectivity index (χ1n) is 10.2. The third-order valence-corrected chi connectivity index (χ3v) is 5.77. The Bertz CT molecular complexity index is 764. The number of carbonyl (C=O) groups excluding carboxylic acids is 1. The number of amides is 1. The molecule has 0 N–H and O–H groups in total. The summed E-state index contributed by atoms with van der Waals surface area (Å²) in [6.07, 6.45) is 4.06. The predicted molar refractivity (Wildman–Crippen MR) is 126 cm³/mol. The summed E-state index contributed by atoms with van der Waals surface area (Å²) >= 11 is 0. The maximum Gasteiger partial charge on any atom is 0.231 e. The number of carbonyl (C=O) groups is 1. The number of halogens is 2. The van der Waals surface area contributed by atoms with Crippen LogP contribution in [0.1, 0.15) is 24.8 Å². The van der Waals surface area contributed by atoms with Crippen molar-refractivity contribution in [2.75, 3.05) is 49.1 Å². The van der Waals surface area contributed by atoms with Crippen molar-refractivity contribution in [2.24, 2.45) is 0 Å². The van der Waals surface area contributed by atoms with Crippen LogP contribution in [0.3, 0.4) is 0 Å². The van der Waals surface area contributed by atoms with Crippen LogP contribution in [0.25, 0.3) is 0 Å². The average molecular weight is 436 g/mol.